The van der Waals surface area contributed by atoms with Crippen LogP contribution in [0.25, 0.3) is 0 Å². The molecule has 22 heavy (non-hydrogen) atoms. The van der Waals surface area contributed by atoms with Gasteiger partial charge in [-0.15, -0.1) is 0 Å². The van der Waals surface area contributed by atoms with Crippen LogP contribution in [0.1, 0.15) is 0 Å². The van der Waals surface area contributed by atoms with Gasteiger partial charge in [0, 0.05) is 7.11 Å². The van der Waals surface area contributed by atoms with Crippen LogP contribution in [-0.4, -0.2) is 15.7 Å². The molecular weight excluding hydrogens is 319 g/mol. The number of para-hydroxylation sites is 2. The van der Waals surface area contributed by atoms with Crippen LogP contribution >= 0.6 is 7.82 Å². The fraction of sp³-hybridized carbons (Fsp3) is 0.200. The molecular formula is C15H19O5PSi. The number of rotatable bonds is 7. The maximum absolute atomic E-state index is 13.0. The summed E-state index contributed by atoms with van der Waals surface area (Å²) in [5.74, 6) is 0.810. The van der Waals surface area contributed by atoms with Gasteiger partial charge in [-0.25, -0.2) is 4.57 Å². The predicted octanol–water partition coefficient (Wildman–Crippen LogP) is 4.62. The van der Waals surface area contributed by atoms with E-state index in [2.05, 4.69) is 0 Å². The molecule has 0 aliphatic rings. The molecule has 5 nitrogen and oxygen atoms in total. The first-order valence-electron chi connectivity index (χ1n) is 6.78. The molecule has 0 unspecified atom stereocenters. The van der Waals surface area contributed by atoms with E-state index < -0.39 is 16.4 Å². The van der Waals surface area contributed by atoms with Gasteiger partial charge in [-0.1, -0.05) is 36.4 Å². The fourth-order valence-corrected chi connectivity index (χ4v) is 5.13. The number of hydrogen-bond donors (Lipinski definition) is 0. The highest BCUT2D eigenvalue weighted by molar-refractivity contribution is 7.51. The minimum atomic E-state index is -3.86. The van der Waals surface area contributed by atoms with Crippen molar-refractivity contribution in [2.24, 2.45) is 0 Å². The quantitative estimate of drug-likeness (QED) is 0.545. The van der Waals surface area contributed by atoms with Gasteiger partial charge in [0.1, 0.15) is 11.5 Å². The van der Waals surface area contributed by atoms with Crippen LogP contribution in [0.4, 0.5) is 0 Å². The molecule has 0 aromatic heterocycles. The first kappa shape index (κ1) is 16.8. The molecule has 0 spiro atoms. The highest BCUT2D eigenvalue weighted by Crippen LogP contribution is 2.51. The second-order valence-corrected chi connectivity index (χ2v) is 10.1. The van der Waals surface area contributed by atoms with Gasteiger partial charge >= 0.3 is 16.4 Å². The lowest BCUT2D eigenvalue weighted by molar-refractivity contribution is 0.246. The summed E-state index contributed by atoms with van der Waals surface area (Å²) in [6.07, 6.45) is 0. The Hall–Kier alpha value is -1.59. The molecule has 2 rings (SSSR count). The van der Waals surface area contributed by atoms with Crippen molar-refractivity contribution in [2.75, 3.05) is 7.11 Å². The van der Waals surface area contributed by atoms with Crippen molar-refractivity contribution in [3.8, 4) is 11.5 Å². The Morgan fingerprint density at radius 3 is 1.59 bits per heavy atom. The van der Waals surface area contributed by atoms with E-state index in [-0.39, 0.29) is 0 Å². The van der Waals surface area contributed by atoms with Crippen LogP contribution in [0.15, 0.2) is 60.7 Å². The number of phosphoric acid groups is 1. The Balaban J connectivity index is 2.25. The molecule has 0 fully saturated rings. The monoisotopic (exact) mass is 338 g/mol. The molecule has 2 aromatic rings. The van der Waals surface area contributed by atoms with Gasteiger partial charge in [0.15, 0.2) is 0 Å². The maximum Gasteiger partial charge on any atom is 0.579 e. The standard InChI is InChI=1S/C15H19O5PSi/c1-17-22(2,3)20-21(16,18-14-10-6-4-7-11-14)19-15-12-8-5-9-13-15/h4-13H,1-3H3. The van der Waals surface area contributed by atoms with Crippen LogP contribution in [0, 0.1) is 0 Å². The molecule has 0 atom stereocenters. The molecule has 0 saturated carbocycles. The predicted molar refractivity (Wildman–Crippen MR) is 87.3 cm³/mol. The van der Waals surface area contributed by atoms with Crippen molar-refractivity contribution in [3.05, 3.63) is 60.7 Å². The van der Waals surface area contributed by atoms with Crippen molar-refractivity contribution < 1.29 is 22.3 Å². The SMILES string of the molecule is CO[Si](C)(C)OP(=O)(Oc1ccccc1)Oc1ccccc1. The third-order valence-electron chi connectivity index (χ3n) is 2.74. The van der Waals surface area contributed by atoms with Crippen LogP contribution in [0.2, 0.25) is 13.1 Å². The van der Waals surface area contributed by atoms with E-state index in [0.29, 0.717) is 11.5 Å². The molecule has 0 aliphatic heterocycles. The van der Waals surface area contributed by atoms with Gasteiger partial charge in [-0.3, -0.25) is 4.21 Å². The number of hydrogen-bond acceptors (Lipinski definition) is 5. The Morgan fingerprint density at radius 2 is 1.23 bits per heavy atom. The summed E-state index contributed by atoms with van der Waals surface area (Å²) in [6, 6.07) is 17.5. The van der Waals surface area contributed by atoms with Gasteiger partial charge in [0.25, 0.3) is 0 Å². The summed E-state index contributed by atoms with van der Waals surface area (Å²) in [5.41, 5.74) is 0. The summed E-state index contributed by atoms with van der Waals surface area (Å²) in [6.45, 7) is 3.53. The molecule has 7 heteroatoms. The largest absolute Gasteiger partial charge is 0.579 e. The van der Waals surface area contributed by atoms with E-state index in [0.717, 1.165) is 0 Å². The lowest BCUT2D eigenvalue weighted by Crippen LogP contribution is -2.33. The van der Waals surface area contributed by atoms with Crippen molar-refractivity contribution in [2.45, 2.75) is 13.1 Å². The average Bonchev–Trinajstić information content (AvgIpc) is 2.48. The molecule has 0 radical (unpaired) electrons. The van der Waals surface area contributed by atoms with E-state index in [1.54, 1.807) is 61.6 Å². The summed E-state index contributed by atoms with van der Waals surface area (Å²) in [5, 5.41) is 0. The minimum Gasteiger partial charge on any atom is -0.398 e. The third-order valence-corrected chi connectivity index (χ3v) is 7.25. The maximum atomic E-state index is 13.0. The van der Waals surface area contributed by atoms with Crippen LogP contribution in [0.5, 0.6) is 11.5 Å². The Morgan fingerprint density at radius 1 is 0.818 bits per heavy atom. The van der Waals surface area contributed by atoms with E-state index in [4.69, 9.17) is 17.7 Å². The van der Waals surface area contributed by atoms with Gasteiger partial charge in [0.05, 0.1) is 0 Å². The topological polar surface area (TPSA) is 54.0 Å². The van der Waals surface area contributed by atoms with E-state index in [1.165, 1.54) is 7.11 Å². The van der Waals surface area contributed by atoms with Crippen LogP contribution in [-0.2, 0) is 13.2 Å². The van der Waals surface area contributed by atoms with Crippen LogP contribution < -0.4 is 9.05 Å². The normalized spacial score (nSPS) is 12.0. The molecule has 118 valence electrons. The highest BCUT2D eigenvalue weighted by Gasteiger charge is 2.40. The van der Waals surface area contributed by atoms with Crippen LogP contribution in [0.3, 0.4) is 0 Å². The Kier molecular flexibility index (Phi) is 5.42. The number of benzene rings is 2. The van der Waals surface area contributed by atoms with E-state index >= 15 is 0 Å². The van der Waals surface area contributed by atoms with Crippen molar-refractivity contribution >= 4 is 16.4 Å². The third kappa shape index (κ3) is 5.00. The van der Waals surface area contributed by atoms with Gasteiger partial charge in [0.2, 0.25) is 0 Å². The smallest absolute Gasteiger partial charge is 0.398 e. The fourth-order valence-electron chi connectivity index (χ4n) is 1.58. The average molecular weight is 338 g/mol. The molecule has 0 bridgehead atoms. The minimum absolute atomic E-state index is 0.405. The lowest BCUT2D eigenvalue weighted by atomic mass is 10.3. The van der Waals surface area contributed by atoms with Gasteiger partial charge in [-0.2, -0.15) is 0 Å². The summed E-state index contributed by atoms with van der Waals surface area (Å²) in [4.78, 5) is 0. The van der Waals surface area contributed by atoms with E-state index in [9.17, 15) is 4.57 Å². The lowest BCUT2D eigenvalue weighted by Gasteiger charge is -2.26. The molecule has 0 amide bonds. The zero-order valence-corrected chi connectivity index (χ0v) is 14.7. The van der Waals surface area contributed by atoms with Crippen molar-refractivity contribution in [3.63, 3.8) is 0 Å². The second-order valence-electron chi connectivity index (χ2n) is 4.95. The Labute approximate surface area is 131 Å². The molecule has 0 saturated heterocycles. The zero-order chi connectivity index (χ0) is 16.1. The summed E-state index contributed by atoms with van der Waals surface area (Å²) in [7, 11) is -4.98. The van der Waals surface area contributed by atoms with Crippen molar-refractivity contribution in [1.29, 1.82) is 0 Å². The molecule has 0 aliphatic carbocycles. The zero-order valence-electron chi connectivity index (χ0n) is 12.8. The molecule has 0 N–H and O–H groups in total. The first-order chi connectivity index (χ1) is 10.4. The van der Waals surface area contributed by atoms with E-state index in [1.807, 2.05) is 12.1 Å². The molecule has 0 heterocycles. The van der Waals surface area contributed by atoms with Gasteiger partial charge in [-0.05, 0) is 37.4 Å². The molecule has 2 aromatic carbocycles. The number of phosphoric ester groups is 1. The van der Waals surface area contributed by atoms with Gasteiger partial charge < -0.3 is 13.5 Å². The Bertz CT molecular complexity index is 587. The van der Waals surface area contributed by atoms with Crippen molar-refractivity contribution in [1.82, 2.24) is 0 Å². The second kappa shape index (κ2) is 7.11. The summed E-state index contributed by atoms with van der Waals surface area (Å²) < 4.78 is 34.9. The summed E-state index contributed by atoms with van der Waals surface area (Å²) >= 11 is 0. The first-order valence-corrected chi connectivity index (χ1v) is 11.1. The highest BCUT2D eigenvalue weighted by atomic mass is 31.2.